The zero-order chi connectivity index (χ0) is 26.6. The van der Waals surface area contributed by atoms with Gasteiger partial charge in [-0.25, -0.2) is 4.39 Å². The molecule has 0 aromatic heterocycles. The number of hydrogen-bond donors (Lipinski definition) is 4. The van der Waals surface area contributed by atoms with Gasteiger partial charge < -0.3 is 30.9 Å². The molecule has 3 aromatic rings. The SMILES string of the molecule is CC(=N)CC(=N)CC(=O)NC(COCc1ccccc1)C(=O)Nc1ccc(Oc2ccc(F)cc2)cc1. The van der Waals surface area contributed by atoms with Crippen molar-refractivity contribution in [1.29, 1.82) is 10.8 Å². The van der Waals surface area contributed by atoms with Gasteiger partial charge in [0, 0.05) is 23.5 Å². The van der Waals surface area contributed by atoms with Gasteiger partial charge in [0.1, 0.15) is 23.4 Å². The zero-order valence-electron chi connectivity index (χ0n) is 20.4. The summed E-state index contributed by atoms with van der Waals surface area (Å²) in [7, 11) is 0. The largest absolute Gasteiger partial charge is 0.457 e. The number of anilines is 1. The van der Waals surface area contributed by atoms with Crippen molar-refractivity contribution in [3.05, 3.63) is 90.2 Å². The van der Waals surface area contributed by atoms with Crippen molar-refractivity contribution in [3.8, 4) is 11.5 Å². The Hall–Kier alpha value is -4.37. The molecule has 1 atom stereocenters. The molecule has 0 aliphatic carbocycles. The number of halogens is 1. The summed E-state index contributed by atoms with van der Waals surface area (Å²) in [5.74, 6) is -0.372. The molecular weight excluding hydrogens is 475 g/mol. The second kappa shape index (κ2) is 13.6. The van der Waals surface area contributed by atoms with Crippen molar-refractivity contribution in [3.63, 3.8) is 0 Å². The lowest BCUT2D eigenvalue weighted by molar-refractivity contribution is -0.127. The van der Waals surface area contributed by atoms with Crippen LogP contribution in [0.1, 0.15) is 25.3 Å². The van der Waals surface area contributed by atoms with E-state index in [0.717, 1.165) is 5.56 Å². The molecule has 0 aliphatic heterocycles. The molecule has 0 saturated carbocycles. The Kier molecular flexibility index (Phi) is 10.0. The van der Waals surface area contributed by atoms with E-state index in [1.807, 2.05) is 30.3 Å². The summed E-state index contributed by atoms with van der Waals surface area (Å²) in [4.78, 5) is 25.5. The zero-order valence-corrected chi connectivity index (χ0v) is 20.4. The number of amides is 2. The standard InChI is InChI=1S/C28H29FN4O4/c1-19(30)15-22(31)16-27(34)33-26(18-36-17-20-5-3-2-4-6-20)28(35)32-23-9-13-25(14-10-23)37-24-11-7-21(29)8-12-24/h2-14,26,30-31H,15-18H2,1H3,(H,32,35)(H,33,34). The summed E-state index contributed by atoms with van der Waals surface area (Å²) in [5.41, 5.74) is 1.77. The van der Waals surface area contributed by atoms with Gasteiger partial charge in [0.15, 0.2) is 0 Å². The molecule has 8 nitrogen and oxygen atoms in total. The highest BCUT2D eigenvalue weighted by Gasteiger charge is 2.22. The molecule has 37 heavy (non-hydrogen) atoms. The van der Waals surface area contributed by atoms with Crippen molar-refractivity contribution >= 4 is 28.9 Å². The quantitative estimate of drug-likeness (QED) is 0.242. The molecule has 0 radical (unpaired) electrons. The van der Waals surface area contributed by atoms with Crippen molar-refractivity contribution in [2.75, 3.05) is 11.9 Å². The first kappa shape index (κ1) is 27.2. The fourth-order valence-corrected chi connectivity index (χ4v) is 3.35. The third kappa shape index (κ3) is 9.65. The van der Waals surface area contributed by atoms with Crippen LogP contribution in [0.15, 0.2) is 78.9 Å². The third-order valence-corrected chi connectivity index (χ3v) is 5.07. The smallest absolute Gasteiger partial charge is 0.249 e. The van der Waals surface area contributed by atoms with E-state index in [0.29, 0.717) is 17.2 Å². The van der Waals surface area contributed by atoms with Gasteiger partial charge in [-0.3, -0.25) is 9.59 Å². The van der Waals surface area contributed by atoms with Crippen molar-refractivity contribution < 1.29 is 23.5 Å². The van der Waals surface area contributed by atoms with Crippen LogP contribution in [0.25, 0.3) is 0 Å². The first-order chi connectivity index (χ1) is 17.8. The maximum absolute atomic E-state index is 13.1. The third-order valence-electron chi connectivity index (χ3n) is 5.07. The van der Waals surface area contributed by atoms with Gasteiger partial charge in [0.25, 0.3) is 0 Å². The van der Waals surface area contributed by atoms with Crippen LogP contribution in [-0.4, -0.2) is 35.9 Å². The van der Waals surface area contributed by atoms with Crippen LogP contribution in [0.2, 0.25) is 0 Å². The topological polar surface area (TPSA) is 124 Å². The molecule has 0 heterocycles. The lowest BCUT2D eigenvalue weighted by Crippen LogP contribution is -2.47. The van der Waals surface area contributed by atoms with Crippen molar-refractivity contribution in [2.24, 2.45) is 0 Å². The predicted octanol–water partition coefficient (Wildman–Crippen LogP) is 5.10. The van der Waals surface area contributed by atoms with E-state index >= 15 is 0 Å². The van der Waals surface area contributed by atoms with E-state index in [-0.39, 0.29) is 43.3 Å². The second-order valence-electron chi connectivity index (χ2n) is 8.43. The number of ether oxygens (including phenoxy) is 2. The van der Waals surface area contributed by atoms with E-state index in [9.17, 15) is 14.0 Å². The number of nitrogens with one attached hydrogen (secondary N) is 4. The molecule has 2 amide bonds. The van der Waals surface area contributed by atoms with Gasteiger partial charge in [-0.15, -0.1) is 0 Å². The molecule has 0 aliphatic rings. The normalized spacial score (nSPS) is 11.3. The maximum Gasteiger partial charge on any atom is 0.249 e. The predicted molar refractivity (Wildman–Crippen MR) is 140 cm³/mol. The lowest BCUT2D eigenvalue weighted by Gasteiger charge is -2.19. The summed E-state index contributed by atoms with van der Waals surface area (Å²) >= 11 is 0. The first-order valence-electron chi connectivity index (χ1n) is 11.6. The highest BCUT2D eigenvalue weighted by atomic mass is 19.1. The number of benzene rings is 3. The summed E-state index contributed by atoms with van der Waals surface area (Å²) in [6.07, 6.45) is -0.116. The summed E-state index contributed by atoms with van der Waals surface area (Å²) in [5, 5.41) is 20.7. The minimum absolute atomic E-state index is 0.0742. The number of carbonyl (C=O) groups is 2. The summed E-state index contributed by atoms with van der Waals surface area (Å²) < 4.78 is 24.4. The molecule has 0 spiro atoms. The molecule has 0 bridgehead atoms. The number of hydrogen-bond acceptors (Lipinski definition) is 6. The van der Waals surface area contributed by atoms with Gasteiger partial charge >= 0.3 is 0 Å². The van der Waals surface area contributed by atoms with Gasteiger partial charge in [-0.1, -0.05) is 30.3 Å². The molecule has 3 aromatic carbocycles. The second-order valence-corrected chi connectivity index (χ2v) is 8.43. The lowest BCUT2D eigenvalue weighted by atomic mass is 10.1. The Balaban J connectivity index is 1.61. The van der Waals surface area contributed by atoms with Crippen LogP contribution in [0, 0.1) is 16.6 Å². The Morgan fingerprint density at radius 3 is 2.14 bits per heavy atom. The Labute approximate surface area is 214 Å². The highest BCUT2D eigenvalue weighted by Crippen LogP contribution is 2.23. The summed E-state index contributed by atoms with van der Waals surface area (Å²) in [6.45, 7) is 1.75. The molecular formula is C28H29FN4O4. The van der Waals surface area contributed by atoms with Crippen LogP contribution < -0.4 is 15.4 Å². The minimum Gasteiger partial charge on any atom is -0.457 e. The monoisotopic (exact) mass is 504 g/mol. The fourth-order valence-electron chi connectivity index (χ4n) is 3.35. The van der Waals surface area contributed by atoms with E-state index in [4.69, 9.17) is 20.3 Å². The Bertz CT molecular complexity index is 1220. The molecule has 0 fully saturated rings. The van der Waals surface area contributed by atoms with Crippen LogP contribution in [0.4, 0.5) is 10.1 Å². The van der Waals surface area contributed by atoms with Crippen molar-refractivity contribution in [2.45, 2.75) is 32.4 Å². The molecule has 1 unspecified atom stereocenters. The molecule has 0 saturated heterocycles. The average Bonchev–Trinajstić information content (AvgIpc) is 2.86. The van der Waals surface area contributed by atoms with Gasteiger partial charge in [-0.05, 0) is 61.0 Å². The van der Waals surface area contributed by atoms with Gasteiger partial charge in [-0.2, -0.15) is 0 Å². The fraction of sp³-hybridized carbons (Fsp3) is 0.214. The van der Waals surface area contributed by atoms with Gasteiger partial charge in [0.2, 0.25) is 11.8 Å². The van der Waals surface area contributed by atoms with Crippen LogP contribution in [0.3, 0.4) is 0 Å². The molecule has 3 rings (SSSR count). The van der Waals surface area contributed by atoms with Crippen LogP contribution >= 0.6 is 0 Å². The van der Waals surface area contributed by atoms with Crippen molar-refractivity contribution in [1.82, 2.24) is 5.32 Å². The maximum atomic E-state index is 13.1. The minimum atomic E-state index is -1.000. The van der Waals surface area contributed by atoms with E-state index < -0.39 is 17.9 Å². The number of rotatable bonds is 13. The average molecular weight is 505 g/mol. The Morgan fingerprint density at radius 1 is 0.892 bits per heavy atom. The molecule has 9 heteroatoms. The Morgan fingerprint density at radius 2 is 1.51 bits per heavy atom. The molecule has 4 N–H and O–H groups in total. The van der Waals surface area contributed by atoms with Crippen LogP contribution in [0.5, 0.6) is 11.5 Å². The van der Waals surface area contributed by atoms with Gasteiger partial charge in [0.05, 0.1) is 19.6 Å². The van der Waals surface area contributed by atoms with E-state index in [1.54, 1.807) is 31.2 Å². The number of carbonyl (C=O) groups excluding carboxylic acids is 2. The van der Waals surface area contributed by atoms with E-state index in [1.165, 1.54) is 24.3 Å². The van der Waals surface area contributed by atoms with Crippen LogP contribution in [-0.2, 0) is 20.9 Å². The first-order valence-corrected chi connectivity index (χ1v) is 11.6. The summed E-state index contributed by atoms with van der Waals surface area (Å²) in [6, 6.07) is 20.6. The molecule has 192 valence electrons. The highest BCUT2D eigenvalue weighted by molar-refractivity contribution is 6.09. The van der Waals surface area contributed by atoms with E-state index in [2.05, 4.69) is 10.6 Å².